The van der Waals surface area contributed by atoms with Crippen LogP contribution in [0.25, 0.3) is 0 Å². The van der Waals surface area contributed by atoms with Crippen molar-refractivity contribution in [1.82, 2.24) is 25.3 Å². The lowest BCUT2D eigenvalue weighted by Gasteiger charge is -2.42. The van der Waals surface area contributed by atoms with Crippen molar-refractivity contribution in [1.29, 1.82) is 5.26 Å². The predicted molar refractivity (Wildman–Crippen MR) is 217 cm³/mol. The van der Waals surface area contributed by atoms with E-state index in [1.165, 1.54) is 0 Å². The summed E-state index contributed by atoms with van der Waals surface area (Å²) in [5.74, 6) is -0.492. The number of ether oxygens (including phenoxy) is 1. The van der Waals surface area contributed by atoms with E-state index in [-0.39, 0.29) is 30.3 Å². The second-order valence-electron chi connectivity index (χ2n) is 16.9. The second-order valence-corrected chi connectivity index (χ2v) is 17.3. The van der Waals surface area contributed by atoms with E-state index in [1.807, 2.05) is 36.4 Å². The lowest BCUT2D eigenvalue weighted by atomic mass is 9.77. The van der Waals surface area contributed by atoms with Crippen molar-refractivity contribution in [2.24, 2.45) is 5.41 Å². The molecule has 1 N–H and O–H groups in total. The van der Waals surface area contributed by atoms with E-state index in [2.05, 4.69) is 48.1 Å². The lowest BCUT2D eigenvalue weighted by Crippen LogP contribution is -2.54. The number of fused-ring (bicyclic) bond motifs is 1. The van der Waals surface area contributed by atoms with Crippen molar-refractivity contribution in [3.8, 4) is 11.9 Å². The standard InChI is InChI=1S/C43H48ClN9O5/c1-27-24-43(26-52(27)31-3-2-28(25-45)35(44)23-31)14-20-51(21-15-43)37-7-9-39(48-47-37)58-32-12-18-49(19-13-32)29-10-16-50(17-11-29)30-4-5-33-34(22-30)42(57)53(41(33)56)36-6-8-38(54)46-40(36)55/h2-5,7,9,22-23,27,29,32,36H,6,8,10-21,24,26H2,1H3,(H,46,54,55)/t27-,36?/m0/s1. The van der Waals surface area contributed by atoms with Crippen LogP contribution in [0.15, 0.2) is 48.5 Å². The first kappa shape index (κ1) is 38.3. The number of hydrogen-bond acceptors (Lipinski definition) is 12. The van der Waals surface area contributed by atoms with Crippen LogP contribution in [0.2, 0.25) is 5.02 Å². The number of imide groups is 2. The molecule has 0 aliphatic carbocycles. The molecule has 2 atom stereocenters. The molecule has 14 nitrogen and oxygen atoms in total. The van der Waals surface area contributed by atoms with Crippen molar-refractivity contribution in [2.45, 2.75) is 88.9 Å². The Morgan fingerprint density at radius 3 is 2.26 bits per heavy atom. The first-order valence-electron chi connectivity index (χ1n) is 20.6. The van der Waals surface area contributed by atoms with Crippen LogP contribution >= 0.6 is 11.6 Å². The molecule has 0 bridgehead atoms. The van der Waals surface area contributed by atoms with Crippen molar-refractivity contribution < 1.29 is 23.9 Å². The van der Waals surface area contributed by atoms with Crippen LogP contribution in [0.1, 0.15) is 91.0 Å². The van der Waals surface area contributed by atoms with Gasteiger partial charge in [0.05, 0.1) is 21.7 Å². The summed E-state index contributed by atoms with van der Waals surface area (Å²) in [7, 11) is 0. The number of hydrogen-bond donors (Lipinski definition) is 1. The van der Waals surface area contributed by atoms with Gasteiger partial charge in [-0.1, -0.05) is 11.6 Å². The molecule has 58 heavy (non-hydrogen) atoms. The first-order valence-corrected chi connectivity index (χ1v) is 21.0. The molecule has 1 aromatic heterocycles. The number of likely N-dealkylation sites (tertiary alicyclic amines) is 1. The number of nitrogens with zero attached hydrogens (tertiary/aromatic N) is 8. The Morgan fingerprint density at radius 1 is 0.828 bits per heavy atom. The Morgan fingerprint density at radius 2 is 1.57 bits per heavy atom. The maximum atomic E-state index is 13.3. The van der Waals surface area contributed by atoms with Crippen molar-refractivity contribution in [3.05, 3.63) is 70.2 Å². The molecule has 6 aliphatic heterocycles. The van der Waals surface area contributed by atoms with E-state index in [0.717, 1.165) is 113 Å². The number of amides is 4. The van der Waals surface area contributed by atoms with Gasteiger partial charge >= 0.3 is 0 Å². The average molecular weight is 806 g/mol. The zero-order valence-electron chi connectivity index (χ0n) is 32.7. The molecule has 15 heteroatoms. The Balaban J connectivity index is 0.720. The van der Waals surface area contributed by atoms with Gasteiger partial charge < -0.3 is 19.4 Å². The topological polar surface area (TPSA) is 155 Å². The van der Waals surface area contributed by atoms with Gasteiger partial charge in [0.15, 0.2) is 5.82 Å². The smallest absolute Gasteiger partial charge is 0.262 e. The summed E-state index contributed by atoms with van der Waals surface area (Å²) in [6.45, 7) is 8.71. The number of carbonyl (C=O) groups is 4. The zero-order valence-corrected chi connectivity index (χ0v) is 33.5. The van der Waals surface area contributed by atoms with Crippen molar-refractivity contribution in [2.75, 3.05) is 60.5 Å². The number of halogens is 1. The quantitative estimate of drug-likeness (QED) is 0.326. The molecular formula is C43H48ClN9O5. The van der Waals surface area contributed by atoms with E-state index in [1.54, 1.807) is 12.1 Å². The number of aromatic nitrogens is 2. The Bertz CT molecular complexity index is 2150. The minimum Gasteiger partial charge on any atom is -0.473 e. The lowest BCUT2D eigenvalue weighted by molar-refractivity contribution is -0.136. The minimum absolute atomic E-state index is 0.0935. The highest BCUT2D eigenvalue weighted by Gasteiger charge is 2.46. The summed E-state index contributed by atoms with van der Waals surface area (Å²) in [5, 5.41) is 21.1. The van der Waals surface area contributed by atoms with Crippen LogP contribution in [0, 0.1) is 16.7 Å². The number of benzene rings is 2. The second kappa shape index (κ2) is 15.5. The molecule has 5 saturated heterocycles. The normalized spacial score (nSPS) is 24.4. The molecule has 7 heterocycles. The van der Waals surface area contributed by atoms with Crippen molar-refractivity contribution >= 4 is 52.4 Å². The van der Waals surface area contributed by atoms with Crippen LogP contribution in [0.3, 0.4) is 0 Å². The number of piperidine rings is 4. The maximum Gasteiger partial charge on any atom is 0.262 e. The molecule has 0 radical (unpaired) electrons. The maximum absolute atomic E-state index is 13.3. The molecule has 5 fully saturated rings. The number of nitriles is 1. The molecule has 302 valence electrons. The Hall–Kier alpha value is -5.26. The minimum atomic E-state index is -0.968. The molecule has 3 aromatic rings. The Labute approximate surface area is 343 Å². The summed E-state index contributed by atoms with van der Waals surface area (Å²) in [6.07, 6.45) is 7.46. The third-order valence-electron chi connectivity index (χ3n) is 13.5. The summed E-state index contributed by atoms with van der Waals surface area (Å²) < 4.78 is 6.33. The zero-order chi connectivity index (χ0) is 40.1. The third-order valence-corrected chi connectivity index (χ3v) is 13.8. The van der Waals surface area contributed by atoms with Crippen LogP contribution < -0.4 is 24.8 Å². The van der Waals surface area contributed by atoms with Gasteiger partial charge in [-0.15, -0.1) is 10.2 Å². The van der Waals surface area contributed by atoms with Crippen LogP contribution in [-0.2, 0) is 9.59 Å². The first-order chi connectivity index (χ1) is 28.1. The van der Waals surface area contributed by atoms with Crippen LogP contribution in [0.5, 0.6) is 5.88 Å². The van der Waals surface area contributed by atoms with E-state index in [0.29, 0.717) is 39.7 Å². The van der Waals surface area contributed by atoms with Gasteiger partial charge in [-0.05, 0) is 106 Å². The molecule has 9 rings (SSSR count). The molecule has 6 aliphatic rings. The van der Waals surface area contributed by atoms with Crippen molar-refractivity contribution in [3.63, 3.8) is 0 Å². The van der Waals surface area contributed by atoms with Crippen LogP contribution in [0.4, 0.5) is 17.2 Å². The molecular weight excluding hydrogens is 758 g/mol. The number of rotatable bonds is 7. The highest BCUT2D eigenvalue weighted by atomic mass is 35.5. The predicted octanol–water partition coefficient (Wildman–Crippen LogP) is 4.80. The fourth-order valence-corrected chi connectivity index (χ4v) is 10.4. The molecule has 1 unspecified atom stereocenters. The van der Waals surface area contributed by atoms with Gasteiger partial charge in [-0.2, -0.15) is 5.26 Å². The fourth-order valence-electron chi connectivity index (χ4n) is 10.2. The van der Waals surface area contributed by atoms with E-state index in [9.17, 15) is 24.4 Å². The van der Waals surface area contributed by atoms with Gasteiger partial charge in [0.1, 0.15) is 18.2 Å². The third kappa shape index (κ3) is 7.23. The molecule has 1 spiro atoms. The molecule has 0 saturated carbocycles. The van der Waals surface area contributed by atoms with Crippen LogP contribution in [-0.4, -0.2) is 114 Å². The number of anilines is 3. The summed E-state index contributed by atoms with van der Waals surface area (Å²) in [6, 6.07) is 17.2. The molecule has 4 amide bonds. The van der Waals surface area contributed by atoms with E-state index < -0.39 is 23.8 Å². The molecule has 2 aromatic carbocycles. The van der Waals surface area contributed by atoms with Gasteiger partial charge in [0.25, 0.3) is 11.8 Å². The van der Waals surface area contributed by atoms with Gasteiger partial charge in [-0.3, -0.25) is 34.3 Å². The monoisotopic (exact) mass is 805 g/mol. The van der Waals surface area contributed by atoms with Gasteiger partial charge in [0, 0.05) is 81.8 Å². The highest BCUT2D eigenvalue weighted by Crippen LogP contribution is 2.46. The summed E-state index contributed by atoms with van der Waals surface area (Å²) >= 11 is 6.37. The Kier molecular flexibility index (Phi) is 10.2. The summed E-state index contributed by atoms with van der Waals surface area (Å²) in [5.41, 5.74) is 3.35. The van der Waals surface area contributed by atoms with E-state index >= 15 is 0 Å². The fraction of sp³-hybridized carbons (Fsp3) is 0.512. The average Bonchev–Trinajstić information content (AvgIpc) is 3.69. The largest absolute Gasteiger partial charge is 0.473 e. The van der Waals surface area contributed by atoms with E-state index in [4.69, 9.17) is 16.3 Å². The number of carbonyl (C=O) groups excluding carboxylic acids is 4. The number of nitrogens with one attached hydrogen (secondary N) is 1. The SMILES string of the molecule is C[C@H]1CC2(CCN(c3ccc(OC4CCN(C5CCN(c6ccc7c(c6)C(=O)N(C6CCC(=O)NC6=O)C7=O)CC5)CC4)nn3)CC2)CN1c1ccc(C#N)c(Cl)c1. The highest BCUT2D eigenvalue weighted by molar-refractivity contribution is 6.32. The van der Waals surface area contributed by atoms with Gasteiger partial charge in [0.2, 0.25) is 17.7 Å². The van der Waals surface area contributed by atoms with Gasteiger partial charge in [-0.25, -0.2) is 0 Å². The summed E-state index contributed by atoms with van der Waals surface area (Å²) in [4.78, 5) is 61.2.